The molecule has 2 rings (SSSR count). The molecule has 1 aliphatic rings. The molecule has 0 radical (unpaired) electrons. The fourth-order valence-corrected chi connectivity index (χ4v) is 2.01. The second kappa shape index (κ2) is 4.08. The predicted octanol–water partition coefficient (Wildman–Crippen LogP) is -0.972. The van der Waals surface area contributed by atoms with Crippen LogP contribution >= 0.6 is 0 Å². The summed E-state index contributed by atoms with van der Waals surface area (Å²) >= 11 is 0. The zero-order chi connectivity index (χ0) is 12.6. The van der Waals surface area contributed by atoms with E-state index in [1.165, 1.54) is 0 Å². The summed E-state index contributed by atoms with van der Waals surface area (Å²) in [6.45, 7) is 2.20. The highest BCUT2D eigenvalue weighted by Crippen LogP contribution is 2.26. The molecule has 0 atom stereocenters. The van der Waals surface area contributed by atoms with Crippen molar-refractivity contribution in [3.8, 4) is 0 Å². The Morgan fingerprint density at radius 3 is 2.41 bits per heavy atom. The normalized spacial score (nSPS) is 16.2. The average molecular weight is 237 g/mol. The molecule has 0 spiro atoms. The summed E-state index contributed by atoms with van der Waals surface area (Å²) in [5.41, 5.74) is 7.29. The van der Waals surface area contributed by atoms with Crippen molar-refractivity contribution in [2.24, 2.45) is 7.05 Å². The maximum absolute atomic E-state index is 11.3. The molecule has 1 aromatic rings. The molecule has 3 N–H and O–H groups in total. The Balaban J connectivity index is 2.36. The summed E-state index contributed by atoms with van der Waals surface area (Å²) < 4.78 is 1.61. The Kier molecular flexibility index (Phi) is 2.74. The van der Waals surface area contributed by atoms with Gasteiger partial charge in [-0.3, -0.25) is 19.6 Å². The van der Waals surface area contributed by atoms with Gasteiger partial charge in [-0.25, -0.2) is 0 Å². The van der Waals surface area contributed by atoms with Crippen LogP contribution in [-0.2, 0) is 23.1 Å². The third-order valence-electron chi connectivity index (χ3n) is 2.71. The van der Waals surface area contributed by atoms with E-state index in [1.807, 2.05) is 6.92 Å². The van der Waals surface area contributed by atoms with Crippen LogP contribution in [0.5, 0.6) is 0 Å². The first-order chi connectivity index (χ1) is 8.02. The maximum Gasteiger partial charge on any atom is 0.246 e. The minimum Gasteiger partial charge on any atom is -0.394 e. The molecule has 0 saturated carbocycles. The zero-order valence-electron chi connectivity index (χ0n) is 9.86. The molecule has 17 heavy (non-hydrogen) atoms. The lowest BCUT2D eigenvalue weighted by Gasteiger charge is -2.27. The maximum atomic E-state index is 11.3. The first kappa shape index (κ1) is 11.4. The van der Waals surface area contributed by atoms with Gasteiger partial charge in [0.05, 0.1) is 24.5 Å². The van der Waals surface area contributed by atoms with Crippen molar-refractivity contribution >= 4 is 23.3 Å². The van der Waals surface area contributed by atoms with Gasteiger partial charge >= 0.3 is 0 Å². The molecule has 7 nitrogen and oxygen atoms in total. The van der Waals surface area contributed by atoms with E-state index in [0.29, 0.717) is 17.9 Å². The number of rotatable bonds is 2. The van der Waals surface area contributed by atoms with E-state index in [1.54, 1.807) is 16.6 Å². The zero-order valence-corrected chi connectivity index (χ0v) is 9.86. The molecule has 0 aromatic carbocycles. The van der Waals surface area contributed by atoms with E-state index in [2.05, 4.69) is 10.4 Å². The van der Waals surface area contributed by atoms with Gasteiger partial charge in [-0.15, -0.1) is 0 Å². The first-order valence-corrected chi connectivity index (χ1v) is 5.42. The lowest BCUT2D eigenvalue weighted by molar-refractivity contribution is -0.130. The molecular formula is C10H15N5O2. The van der Waals surface area contributed by atoms with Gasteiger partial charge in [0.25, 0.3) is 0 Å². The number of nitrogen functional groups attached to an aromatic ring is 1. The molecule has 2 heterocycles. The van der Waals surface area contributed by atoms with Gasteiger partial charge in [-0.1, -0.05) is 6.92 Å². The molecule has 2 amide bonds. The number of hydrogen-bond donors (Lipinski definition) is 2. The quantitative estimate of drug-likeness (QED) is 0.645. The van der Waals surface area contributed by atoms with Crippen molar-refractivity contribution in [2.45, 2.75) is 13.3 Å². The standard InChI is InChI=1S/C10H15N5O2/c1-3-6-9(11)10(14(2)13-6)15-4-7(16)12-8(17)5-15/h3-5,11H2,1-2H3,(H,12,16,17). The van der Waals surface area contributed by atoms with E-state index in [-0.39, 0.29) is 24.9 Å². The molecule has 7 heteroatoms. The lowest BCUT2D eigenvalue weighted by atomic mass is 10.2. The second-order valence-corrected chi connectivity index (χ2v) is 3.99. The third-order valence-corrected chi connectivity index (χ3v) is 2.71. The third kappa shape index (κ3) is 1.95. The van der Waals surface area contributed by atoms with Gasteiger partial charge in [0, 0.05) is 7.05 Å². The van der Waals surface area contributed by atoms with E-state index < -0.39 is 0 Å². The summed E-state index contributed by atoms with van der Waals surface area (Å²) in [5, 5.41) is 6.51. The van der Waals surface area contributed by atoms with Gasteiger partial charge < -0.3 is 10.6 Å². The van der Waals surface area contributed by atoms with E-state index >= 15 is 0 Å². The highest BCUT2D eigenvalue weighted by molar-refractivity contribution is 6.03. The monoisotopic (exact) mass is 237 g/mol. The molecule has 0 unspecified atom stereocenters. The Hall–Kier alpha value is -2.05. The fraction of sp³-hybridized carbons (Fsp3) is 0.500. The van der Waals surface area contributed by atoms with Crippen LogP contribution in [-0.4, -0.2) is 34.7 Å². The molecular weight excluding hydrogens is 222 g/mol. The van der Waals surface area contributed by atoms with Gasteiger partial charge in [-0.2, -0.15) is 5.10 Å². The molecule has 0 aliphatic carbocycles. The van der Waals surface area contributed by atoms with E-state index in [4.69, 9.17) is 5.73 Å². The number of nitrogens with zero attached hydrogens (tertiary/aromatic N) is 3. The van der Waals surface area contributed by atoms with Crippen LogP contribution in [0.1, 0.15) is 12.6 Å². The van der Waals surface area contributed by atoms with Gasteiger partial charge in [-0.05, 0) is 6.42 Å². The summed E-state index contributed by atoms with van der Waals surface area (Å²) in [6, 6.07) is 0. The average Bonchev–Trinajstić information content (AvgIpc) is 2.52. The highest BCUT2D eigenvalue weighted by Gasteiger charge is 2.27. The number of nitrogens with two attached hydrogens (primary N) is 1. The Morgan fingerprint density at radius 2 is 1.94 bits per heavy atom. The van der Waals surface area contributed by atoms with Crippen LogP contribution in [0.15, 0.2) is 0 Å². The lowest BCUT2D eigenvalue weighted by Crippen LogP contribution is -2.52. The number of amides is 2. The van der Waals surface area contributed by atoms with Crippen molar-refractivity contribution in [1.29, 1.82) is 0 Å². The smallest absolute Gasteiger partial charge is 0.246 e. The van der Waals surface area contributed by atoms with E-state index in [9.17, 15) is 9.59 Å². The van der Waals surface area contributed by atoms with Crippen molar-refractivity contribution < 1.29 is 9.59 Å². The highest BCUT2D eigenvalue weighted by atomic mass is 16.2. The number of aryl methyl sites for hydroxylation is 2. The molecule has 92 valence electrons. The number of hydrogen-bond acceptors (Lipinski definition) is 5. The molecule has 0 bridgehead atoms. The number of piperazine rings is 1. The number of anilines is 2. The van der Waals surface area contributed by atoms with Gasteiger partial charge in [0.1, 0.15) is 0 Å². The van der Waals surface area contributed by atoms with Crippen LogP contribution in [0.2, 0.25) is 0 Å². The minimum absolute atomic E-state index is 0.124. The van der Waals surface area contributed by atoms with Crippen molar-refractivity contribution in [2.75, 3.05) is 23.7 Å². The topological polar surface area (TPSA) is 93.2 Å². The number of nitrogens with one attached hydrogen (secondary N) is 1. The van der Waals surface area contributed by atoms with Crippen molar-refractivity contribution in [3.63, 3.8) is 0 Å². The summed E-state index contributed by atoms with van der Waals surface area (Å²) in [5.74, 6) is -0.00940. The second-order valence-electron chi connectivity index (χ2n) is 3.99. The van der Waals surface area contributed by atoms with Crippen molar-refractivity contribution in [1.82, 2.24) is 15.1 Å². The van der Waals surface area contributed by atoms with Gasteiger partial charge in [0.15, 0.2) is 5.82 Å². The van der Waals surface area contributed by atoms with E-state index in [0.717, 1.165) is 5.69 Å². The van der Waals surface area contributed by atoms with Crippen LogP contribution < -0.4 is 16.0 Å². The molecule has 1 saturated heterocycles. The SMILES string of the molecule is CCc1nn(C)c(N2CC(=O)NC(=O)C2)c1N. The number of imide groups is 1. The first-order valence-electron chi connectivity index (χ1n) is 5.42. The Labute approximate surface area is 98.6 Å². The number of aromatic nitrogens is 2. The number of carbonyl (C=O) groups excluding carboxylic acids is 2. The largest absolute Gasteiger partial charge is 0.394 e. The van der Waals surface area contributed by atoms with Crippen LogP contribution in [0.3, 0.4) is 0 Å². The van der Waals surface area contributed by atoms with Crippen LogP contribution in [0.4, 0.5) is 11.5 Å². The predicted molar refractivity (Wildman–Crippen MR) is 62.4 cm³/mol. The number of carbonyl (C=O) groups is 2. The molecule has 1 aromatic heterocycles. The summed E-state index contributed by atoms with van der Waals surface area (Å²) in [7, 11) is 1.75. The van der Waals surface area contributed by atoms with Crippen LogP contribution in [0, 0.1) is 0 Å². The molecule has 1 aliphatic heterocycles. The Bertz CT molecular complexity index is 463. The molecule has 1 fully saturated rings. The van der Waals surface area contributed by atoms with Crippen molar-refractivity contribution in [3.05, 3.63) is 5.69 Å². The Morgan fingerprint density at radius 1 is 1.35 bits per heavy atom. The summed E-state index contributed by atoms with van der Waals surface area (Å²) in [6.07, 6.45) is 0.716. The van der Waals surface area contributed by atoms with Gasteiger partial charge in [0.2, 0.25) is 11.8 Å². The minimum atomic E-state index is -0.320. The summed E-state index contributed by atoms with van der Waals surface area (Å²) in [4.78, 5) is 24.3. The fourth-order valence-electron chi connectivity index (χ4n) is 2.01. The van der Waals surface area contributed by atoms with Crippen LogP contribution in [0.25, 0.3) is 0 Å².